The van der Waals surface area contributed by atoms with Gasteiger partial charge in [-0.1, -0.05) is 18.2 Å². The van der Waals surface area contributed by atoms with Gasteiger partial charge in [0.15, 0.2) is 0 Å². The van der Waals surface area contributed by atoms with Crippen LogP contribution < -0.4 is 4.74 Å². The first kappa shape index (κ1) is 14.5. The lowest BCUT2D eigenvalue weighted by Gasteiger charge is -2.07. The molecule has 21 heavy (non-hydrogen) atoms. The Balaban J connectivity index is 2.43. The van der Waals surface area contributed by atoms with Gasteiger partial charge in [0, 0.05) is 17.2 Å². The quantitative estimate of drug-likeness (QED) is 0.516. The van der Waals surface area contributed by atoms with Crippen LogP contribution >= 0.6 is 0 Å². The van der Waals surface area contributed by atoms with Crippen LogP contribution in [0.2, 0.25) is 0 Å². The van der Waals surface area contributed by atoms with E-state index in [0.29, 0.717) is 22.9 Å². The van der Waals surface area contributed by atoms with Gasteiger partial charge in [-0.15, -0.1) is 0 Å². The Morgan fingerprint density at radius 1 is 1.29 bits per heavy atom. The third-order valence-electron chi connectivity index (χ3n) is 2.68. The summed E-state index contributed by atoms with van der Waals surface area (Å²) in [5.41, 5.74) is 0.239. The van der Waals surface area contributed by atoms with E-state index in [9.17, 15) is 15.1 Å². The molecule has 0 spiro atoms. The van der Waals surface area contributed by atoms with Crippen LogP contribution in [0.1, 0.15) is 17.3 Å². The molecule has 0 bridgehead atoms. The van der Waals surface area contributed by atoms with E-state index >= 15 is 0 Å². The van der Waals surface area contributed by atoms with Crippen LogP contribution in [0.25, 0.3) is 0 Å². The van der Waals surface area contributed by atoms with Crippen LogP contribution in [-0.4, -0.2) is 22.5 Å². The molecule has 0 fully saturated rings. The summed E-state index contributed by atoms with van der Waals surface area (Å²) in [6.45, 7) is 2.20. The minimum absolute atomic E-state index is 0.0465. The molecule has 0 aliphatic carbocycles. The highest BCUT2D eigenvalue weighted by Crippen LogP contribution is 2.26. The zero-order valence-electron chi connectivity index (χ0n) is 11.4. The van der Waals surface area contributed by atoms with Crippen LogP contribution in [0.5, 0.6) is 5.75 Å². The number of benzene rings is 2. The van der Waals surface area contributed by atoms with Crippen molar-refractivity contribution < 1.29 is 19.5 Å². The molecule has 6 heteroatoms. The molecule has 2 rings (SSSR count). The zero-order chi connectivity index (χ0) is 15.2. The fourth-order valence-corrected chi connectivity index (χ4v) is 1.76. The SMILES string of the molecule is CCOc1ccc([N+]([O-])=Nc2ccccc2)c(C(=O)O)c1. The zero-order valence-corrected chi connectivity index (χ0v) is 11.4. The Morgan fingerprint density at radius 3 is 2.62 bits per heavy atom. The number of hydrogen-bond donors (Lipinski definition) is 1. The monoisotopic (exact) mass is 286 g/mol. The van der Waals surface area contributed by atoms with E-state index in [1.165, 1.54) is 18.2 Å². The highest BCUT2D eigenvalue weighted by molar-refractivity contribution is 5.92. The van der Waals surface area contributed by atoms with Crippen LogP contribution in [0.3, 0.4) is 0 Å². The largest absolute Gasteiger partial charge is 0.594 e. The molecule has 0 radical (unpaired) electrons. The fourth-order valence-electron chi connectivity index (χ4n) is 1.76. The van der Waals surface area contributed by atoms with E-state index in [1.807, 2.05) is 0 Å². The Labute approximate surface area is 121 Å². The van der Waals surface area contributed by atoms with Gasteiger partial charge in [0.05, 0.1) is 6.61 Å². The van der Waals surface area contributed by atoms with Crippen LogP contribution in [0.4, 0.5) is 11.4 Å². The fraction of sp³-hybridized carbons (Fsp3) is 0.133. The third kappa shape index (κ3) is 3.56. The first-order valence-electron chi connectivity index (χ1n) is 6.36. The molecule has 6 nitrogen and oxygen atoms in total. The first-order valence-corrected chi connectivity index (χ1v) is 6.36. The second-order valence-corrected chi connectivity index (χ2v) is 4.13. The van der Waals surface area contributed by atoms with Gasteiger partial charge in [0.1, 0.15) is 17.0 Å². The van der Waals surface area contributed by atoms with Crippen molar-refractivity contribution in [2.45, 2.75) is 6.92 Å². The molecule has 2 aromatic rings. The van der Waals surface area contributed by atoms with E-state index in [4.69, 9.17) is 4.74 Å². The van der Waals surface area contributed by atoms with Crippen molar-refractivity contribution in [2.24, 2.45) is 5.11 Å². The summed E-state index contributed by atoms with van der Waals surface area (Å²) in [7, 11) is 0. The minimum Gasteiger partial charge on any atom is -0.594 e. The summed E-state index contributed by atoms with van der Waals surface area (Å²) >= 11 is 0. The molecule has 2 aromatic carbocycles. The molecule has 0 aliphatic rings. The van der Waals surface area contributed by atoms with Gasteiger partial charge in [0.2, 0.25) is 0 Å². The molecule has 0 saturated heterocycles. The number of aromatic carboxylic acids is 1. The maximum absolute atomic E-state index is 12.1. The van der Waals surface area contributed by atoms with E-state index in [2.05, 4.69) is 5.11 Å². The molecule has 0 aromatic heterocycles. The van der Waals surface area contributed by atoms with Gasteiger partial charge in [0.25, 0.3) is 5.69 Å². The molecule has 0 saturated carbocycles. The number of carbonyl (C=O) groups is 1. The third-order valence-corrected chi connectivity index (χ3v) is 2.68. The lowest BCUT2D eigenvalue weighted by molar-refractivity contribution is -0.435. The number of carboxylic acids is 1. The van der Waals surface area contributed by atoms with Gasteiger partial charge in [-0.05, 0) is 30.0 Å². The number of rotatable bonds is 5. The first-order chi connectivity index (χ1) is 10.1. The summed E-state index contributed by atoms with van der Waals surface area (Å²) in [5, 5.41) is 25.1. The van der Waals surface area contributed by atoms with Gasteiger partial charge >= 0.3 is 5.97 Å². The van der Waals surface area contributed by atoms with Crippen molar-refractivity contribution in [1.82, 2.24) is 0 Å². The van der Waals surface area contributed by atoms with Crippen LogP contribution in [-0.2, 0) is 0 Å². The average molecular weight is 286 g/mol. The maximum atomic E-state index is 12.1. The standard InChI is InChI=1S/C15H14N2O4/c1-2-21-12-8-9-14(13(10-12)15(18)19)17(20)16-11-6-4-3-5-7-11/h3-10H,2H2,1H3,(H,18,19). The Bertz CT molecular complexity index is 669. The highest BCUT2D eigenvalue weighted by Gasteiger charge is 2.19. The topological polar surface area (TPSA) is 85.0 Å². The summed E-state index contributed by atoms with van der Waals surface area (Å²) < 4.78 is 5.24. The van der Waals surface area contributed by atoms with E-state index in [-0.39, 0.29) is 11.3 Å². The molecular formula is C15H14N2O4. The van der Waals surface area contributed by atoms with Crippen molar-refractivity contribution in [2.75, 3.05) is 6.61 Å². The maximum Gasteiger partial charge on any atom is 0.342 e. The number of carboxylic acid groups (broad SMARTS) is 1. The molecular weight excluding hydrogens is 272 g/mol. The van der Waals surface area contributed by atoms with Gasteiger partial charge in [-0.2, -0.15) is 0 Å². The molecule has 0 heterocycles. The van der Waals surface area contributed by atoms with Crippen molar-refractivity contribution in [1.29, 1.82) is 0 Å². The van der Waals surface area contributed by atoms with Crippen LogP contribution in [0.15, 0.2) is 53.6 Å². The van der Waals surface area contributed by atoms with Crippen molar-refractivity contribution in [3.8, 4) is 5.75 Å². The predicted octanol–water partition coefficient (Wildman–Crippen LogP) is 3.71. The van der Waals surface area contributed by atoms with Gasteiger partial charge < -0.3 is 15.1 Å². The predicted molar refractivity (Wildman–Crippen MR) is 76.4 cm³/mol. The summed E-state index contributed by atoms with van der Waals surface area (Å²) in [4.78, 5) is 11.6. The molecule has 108 valence electrons. The summed E-state index contributed by atoms with van der Waals surface area (Å²) in [6.07, 6.45) is 0. The average Bonchev–Trinajstić information content (AvgIpc) is 2.48. The van der Waals surface area contributed by atoms with E-state index in [1.54, 1.807) is 37.3 Å². The summed E-state index contributed by atoms with van der Waals surface area (Å²) in [6, 6.07) is 12.8. The number of nitrogens with zero attached hydrogens (tertiary/aromatic N) is 2. The Kier molecular flexibility index (Phi) is 4.50. The molecule has 0 amide bonds. The number of hydrogen-bond acceptors (Lipinski definition) is 4. The molecule has 1 N–H and O–H groups in total. The molecule has 0 atom stereocenters. The number of ether oxygens (including phenoxy) is 1. The van der Waals surface area contributed by atoms with E-state index < -0.39 is 5.97 Å². The molecule has 0 unspecified atom stereocenters. The Hall–Kier alpha value is -2.89. The lowest BCUT2D eigenvalue weighted by atomic mass is 10.1. The second kappa shape index (κ2) is 6.51. The van der Waals surface area contributed by atoms with Gasteiger partial charge in [-0.3, -0.25) is 0 Å². The van der Waals surface area contributed by atoms with E-state index in [0.717, 1.165) is 0 Å². The second-order valence-electron chi connectivity index (χ2n) is 4.13. The number of azo groups is 1. The van der Waals surface area contributed by atoms with Crippen molar-refractivity contribution in [3.63, 3.8) is 0 Å². The minimum atomic E-state index is -1.21. The normalized spacial score (nSPS) is 11.2. The van der Waals surface area contributed by atoms with Crippen molar-refractivity contribution >= 4 is 17.3 Å². The Morgan fingerprint density at radius 2 is 2.00 bits per heavy atom. The smallest absolute Gasteiger partial charge is 0.342 e. The van der Waals surface area contributed by atoms with Crippen LogP contribution in [0, 0.1) is 5.21 Å². The molecule has 0 aliphatic heterocycles. The summed E-state index contributed by atoms with van der Waals surface area (Å²) in [5.74, 6) is -0.817. The highest BCUT2D eigenvalue weighted by atomic mass is 16.5. The van der Waals surface area contributed by atoms with Gasteiger partial charge in [-0.25, -0.2) is 4.79 Å². The van der Waals surface area contributed by atoms with Crippen molar-refractivity contribution in [3.05, 3.63) is 59.3 Å². The lowest BCUT2D eigenvalue weighted by Crippen LogP contribution is -2.04.